The van der Waals surface area contributed by atoms with Gasteiger partial charge in [-0.15, -0.1) is 0 Å². The Morgan fingerprint density at radius 1 is 0.360 bits per heavy atom. The second-order valence-electron chi connectivity index (χ2n) is 12.1. The molecular weight excluding hydrogens is 723 g/mol. The monoisotopic (exact) mass is 752 g/mol. The summed E-state index contributed by atoms with van der Waals surface area (Å²) in [6.45, 7) is 0. The molecule has 0 fully saturated rings. The molecule has 2 unspecified atom stereocenters. The number of hydrogen-bond acceptors (Lipinski definition) is 4. The van der Waals surface area contributed by atoms with E-state index in [0.717, 1.165) is 11.4 Å². The molecule has 50 heavy (non-hydrogen) atoms. The van der Waals surface area contributed by atoms with Crippen LogP contribution < -0.4 is 19.9 Å². The van der Waals surface area contributed by atoms with Gasteiger partial charge in [0.25, 0.3) is 0 Å². The third kappa shape index (κ3) is 5.51. The van der Waals surface area contributed by atoms with Crippen molar-refractivity contribution >= 4 is 90.5 Å². The van der Waals surface area contributed by atoms with Crippen LogP contribution in [0.2, 0.25) is 0 Å². The highest BCUT2D eigenvalue weighted by molar-refractivity contribution is 8.74. The van der Waals surface area contributed by atoms with E-state index in [1.54, 1.807) is 0 Å². The lowest BCUT2D eigenvalue weighted by Gasteiger charge is -2.32. The maximum absolute atomic E-state index is 6.79. The highest BCUT2D eigenvalue weighted by Crippen LogP contribution is 2.76. The minimum atomic E-state index is -2.35. The number of nitrogens with zero attached hydrogens (tertiary/aromatic N) is 2. The van der Waals surface area contributed by atoms with Crippen LogP contribution in [0.3, 0.4) is 0 Å². The standard InChI is InChI=1S/C42H30N2P2S4/c47-45(43(39-21-7-9-23-41(39)49-45)35-19-11-17-33(29-35)31-13-3-1-4-14-31)37-25-27-38(28-26-37)46(48)44(40-22-8-10-24-42(40)50-46)36-20-12-18-34(30-36)32-15-5-2-6-16-32/h1-30H. The fourth-order valence-corrected chi connectivity index (χ4v) is 20.5. The Balaban J connectivity index is 1.12. The Kier molecular flexibility index (Phi) is 8.36. The Morgan fingerprint density at radius 2 is 0.720 bits per heavy atom. The molecule has 8 heteroatoms. The Labute approximate surface area is 311 Å². The van der Waals surface area contributed by atoms with Gasteiger partial charge in [0.2, 0.25) is 0 Å². The number of anilines is 4. The van der Waals surface area contributed by atoms with Crippen LogP contribution in [-0.4, -0.2) is 0 Å². The van der Waals surface area contributed by atoms with Crippen LogP contribution in [0.15, 0.2) is 192 Å². The quantitative estimate of drug-likeness (QED) is 0.155. The highest BCUT2D eigenvalue weighted by Gasteiger charge is 2.41. The highest BCUT2D eigenvalue weighted by atomic mass is 32.9. The fraction of sp³-hybridized carbons (Fsp3) is 0. The van der Waals surface area contributed by atoms with E-state index in [4.69, 9.17) is 23.6 Å². The van der Waals surface area contributed by atoms with Gasteiger partial charge in [-0.05, 0) is 70.8 Å². The minimum Gasteiger partial charge on any atom is -0.300 e. The van der Waals surface area contributed by atoms with Gasteiger partial charge in [0.15, 0.2) is 0 Å². The second kappa shape index (κ2) is 13.0. The lowest BCUT2D eigenvalue weighted by molar-refractivity contribution is 1.35. The van der Waals surface area contributed by atoms with Gasteiger partial charge in [0.05, 0.1) is 11.4 Å². The zero-order chi connectivity index (χ0) is 33.7. The molecule has 2 heterocycles. The van der Waals surface area contributed by atoms with E-state index in [1.165, 1.54) is 54.0 Å². The zero-order valence-corrected chi connectivity index (χ0v) is 31.8. The summed E-state index contributed by atoms with van der Waals surface area (Å²) in [4.78, 5) is 2.45. The van der Waals surface area contributed by atoms with Crippen molar-refractivity contribution in [2.75, 3.05) is 9.34 Å². The van der Waals surface area contributed by atoms with Gasteiger partial charge in [0.1, 0.15) is 10.8 Å². The van der Waals surface area contributed by atoms with Gasteiger partial charge in [-0.2, -0.15) is 0 Å². The number of hydrogen-bond donors (Lipinski definition) is 0. The molecule has 7 aromatic carbocycles. The molecule has 0 saturated heterocycles. The molecule has 242 valence electrons. The van der Waals surface area contributed by atoms with Crippen molar-refractivity contribution in [2.24, 2.45) is 0 Å². The summed E-state index contributed by atoms with van der Waals surface area (Å²) in [7, 11) is 0. The van der Waals surface area contributed by atoms with E-state index < -0.39 is 10.8 Å². The molecule has 2 aliphatic heterocycles. The average Bonchev–Trinajstić information content (AvgIpc) is 3.67. The number of para-hydroxylation sites is 2. The summed E-state index contributed by atoms with van der Waals surface area (Å²) < 4.78 is 4.87. The van der Waals surface area contributed by atoms with Gasteiger partial charge in [-0.1, -0.05) is 180 Å². The number of rotatable bonds is 6. The molecule has 0 aliphatic carbocycles. The van der Waals surface area contributed by atoms with Crippen molar-refractivity contribution in [3.8, 4) is 22.3 Å². The van der Waals surface area contributed by atoms with Gasteiger partial charge in [-0.25, -0.2) is 0 Å². The largest absolute Gasteiger partial charge is 0.300 e. The van der Waals surface area contributed by atoms with Gasteiger partial charge in [-0.3, -0.25) is 9.34 Å². The van der Waals surface area contributed by atoms with Crippen LogP contribution in [0.25, 0.3) is 22.3 Å². The van der Waals surface area contributed by atoms with Crippen molar-refractivity contribution in [1.82, 2.24) is 0 Å². The molecule has 0 saturated carbocycles. The first-order valence-corrected chi connectivity index (χ1v) is 24.7. The van der Waals surface area contributed by atoms with E-state index in [-0.39, 0.29) is 0 Å². The first-order valence-electron chi connectivity index (χ1n) is 16.3. The van der Waals surface area contributed by atoms with Crippen LogP contribution in [-0.2, 0) is 23.6 Å². The van der Waals surface area contributed by atoms with E-state index in [0.29, 0.717) is 0 Å². The summed E-state index contributed by atoms with van der Waals surface area (Å²) in [6, 6.07) is 65.0. The third-order valence-corrected chi connectivity index (χ3v) is 23.0. The molecule has 0 spiro atoms. The van der Waals surface area contributed by atoms with Crippen LogP contribution in [0.5, 0.6) is 0 Å². The maximum Gasteiger partial charge on any atom is 0.127 e. The van der Waals surface area contributed by atoms with E-state index >= 15 is 0 Å². The van der Waals surface area contributed by atoms with Gasteiger partial charge < -0.3 is 0 Å². The Morgan fingerprint density at radius 3 is 1.14 bits per heavy atom. The topological polar surface area (TPSA) is 6.48 Å². The van der Waals surface area contributed by atoms with E-state index in [1.807, 2.05) is 22.8 Å². The van der Waals surface area contributed by atoms with Crippen LogP contribution in [0.1, 0.15) is 0 Å². The molecule has 2 atom stereocenters. The van der Waals surface area contributed by atoms with Crippen LogP contribution in [0, 0.1) is 0 Å². The average molecular weight is 753 g/mol. The van der Waals surface area contributed by atoms with Crippen LogP contribution in [0.4, 0.5) is 22.7 Å². The summed E-state index contributed by atoms with van der Waals surface area (Å²) in [5, 5.41) is -2.37. The molecule has 2 aliphatic rings. The van der Waals surface area contributed by atoms with Crippen molar-refractivity contribution in [3.63, 3.8) is 0 Å². The molecule has 0 N–H and O–H groups in total. The first-order chi connectivity index (χ1) is 24.5. The Hall–Kier alpha value is -3.86. The third-order valence-electron chi connectivity index (χ3n) is 9.06. The summed E-state index contributed by atoms with van der Waals surface area (Å²) >= 11 is 17.3. The van der Waals surface area contributed by atoms with Crippen molar-refractivity contribution in [3.05, 3.63) is 182 Å². The molecule has 7 aromatic rings. The van der Waals surface area contributed by atoms with E-state index in [9.17, 15) is 0 Å². The fourth-order valence-electron chi connectivity index (χ4n) is 6.69. The molecule has 0 amide bonds. The number of fused-ring (bicyclic) bond motifs is 2. The van der Waals surface area contributed by atoms with Crippen molar-refractivity contribution in [2.45, 2.75) is 9.79 Å². The summed E-state index contributed by atoms with van der Waals surface area (Å²) in [5.41, 5.74) is 9.34. The zero-order valence-electron chi connectivity index (χ0n) is 26.7. The SMILES string of the molecule is S=P1(c2ccc(P3(=S)Sc4ccccc4N3c3cccc(-c4ccccc4)c3)cc2)Sc2ccccc2N1c1cccc(-c2ccccc2)c1. The molecular formula is C42H30N2P2S4. The molecule has 2 nitrogen and oxygen atoms in total. The predicted molar refractivity (Wildman–Crippen MR) is 227 cm³/mol. The van der Waals surface area contributed by atoms with E-state index in [2.05, 4.69) is 191 Å². The predicted octanol–water partition coefficient (Wildman–Crippen LogP) is 12.8. The Bertz CT molecular complexity index is 2300. The lowest BCUT2D eigenvalue weighted by atomic mass is 10.1. The van der Waals surface area contributed by atoms with Gasteiger partial charge >= 0.3 is 0 Å². The molecule has 9 rings (SSSR count). The van der Waals surface area contributed by atoms with Gasteiger partial charge in [0, 0.05) is 31.8 Å². The molecule has 0 aromatic heterocycles. The smallest absolute Gasteiger partial charge is 0.127 e. The lowest BCUT2D eigenvalue weighted by Crippen LogP contribution is -2.20. The normalized spacial score (nSPS) is 19.3. The summed E-state index contributed by atoms with van der Waals surface area (Å²) in [5.74, 6) is 0. The van der Waals surface area contributed by atoms with Crippen LogP contribution >= 0.6 is 33.5 Å². The second-order valence-corrected chi connectivity index (χ2v) is 26.1. The molecule has 0 radical (unpaired) electrons. The van der Waals surface area contributed by atoms with Crippen molar-refractivity contribution < 1.29 is 0 Å². The maximum atomic E-state index is 6.79. The van der Waals surface area contributed by atoms with Crippen molar-refractivity contribution in [1.29, 1.82) is 0 Å². The number of benzene rings is 7. The molecule has 0 bridgehead atoms. The minimum absolute atomic E-state index is 1.12. The summed E-state index contributed by atoms with van der Waals surface area (Å²) in [6.07, 6.45) is 0. The first kappa shape index (κ1) is 32.1.